The van der Waals surface area contributed by atoms with Gasteiger partial charge in [-0.25, -0.2) is 4.98 Å². The van der Waals surface area contributed by atoms with Gasteiger partial charge in [0.2, 0.25) is 0 Å². The number of rotatable bonds is 6. The van der Waals surface area contributed by atoms with E-state index in [1.54, 1.807) is 14.2 Å². The van der Waals surface area contributed by atoms with E-state index in [-0.39, 0.29) is 6.04 Å². The number of anilines is 1. The van der Waals surface area contributed by atoms with E-state index in [1.165, 1.54) is 6.33 Å². The van der Waals surface area contributed by atoms with Crippen LogP contribution in [0, 0.1) is 0 Å². The number of nitrogens with zero attached hydrogens (tertiary/aromatic N) is 4. The van der Waals surface area contributed by atoms with Crippen LogP contribution in [-0.2, 0) is 6.54 Å². The van der Waals surface area contributed by atoms with Crippen molar-refractivity contribution in [1.29, 1.82) is 0 Å². The lowest BCUT2D eigenvalue weighted by atomic mass is 10.1. The molecular weight excluding hydrogens is 414 g/mol. The molecule has 3 N–H and O–H groups in total. The van der Waals surface area contributed by atoms with Crippen LogP contribution in [0.2, 0.25) is 5.02 Å². The number of guanidine groups is 1. The van der Waals surface area contributed by atoms with E-state index in [0.717, 1.165) is 53.9 Å². The van der Waals surface area contributed by atoms with Crippen molar-refractivity contribution in [2.45, 2.75) is 19.0 Å². The van der Waals surface area contributed by atoms with Crippen molar-refractivity contribution in [1.82, 2.24) is 25.8 Å². The molecule has 31 heavy (non-hydrogen) atoms. The second-order valence-electron chi connectivity index (χ2n) is 7.35. The van der Waals surface area contributed by atoms with E-state index in [0.29, 0.717) is 11.6 Å². The maximum absolute atomic E-state index is 6.20. The summed E-state index contributed by atoms with van der Waals surface area (Å²) in [5, 5.41) is 14.4. The van der Waals surface area contributed by atoms with Crippen LogP contribution >= 0.6 is 11.6 Å². The van der Waals surface area contributed by atoms with E-state index in [2.05, 4.69) is 47.8 Å². The minimum Gasteiger partial charge on any atom is -0.495 e. The quantitative estimate of drug-likeness (QED) is 0.404. The monoisotopic (exact) mass is 439 g/mol. The standard InChI is InChI=1S/C22H26ClN7O/c1-24-22(25-12-15-4-3-5-16(10-15)21-26-14-27-29-21)28-18-8-9-30(13-18)19-11-17(23)6-7-20(19)31-2/h3-7,10-11,14,18H,8-9,12-13H2,1-2H3,(H2,24,25,28)(H,26,27,29). The van der Waals surface area contributed by atoms with Gasteiger partial charge in [0, 0.05) is 43.3 Å². The summed E-state index contributed by atoms with van der Waals surface area (Å²) in [6.07, 6.45) is 2.51. The first kappa shape index (κ1) is 21.0. The molecule has 1 aliphatic rings. The molecule has 162 valence electrons. The number of hydrogen-bond acceptors (Lipinski definition) is 5. The molecule has 1 saturated heterocycles. The van der Waals surface area contributed by atoms with Crippen molar-refractivity contribution in [2.75, 3.05) is 32.1 Å². The Morgan fingerprint density at radius 1 is 1.32 bits per heavy atom. The number of methoxy groups -OCH3 is 1. The molecule has 0 bridgehead atoms. The Morgan fingerprint density at radius 2 is 2.23 bits per heavy atom. The second kappa shape index (κ2) is 9.70. The molecule has 2 aromatic carbocycles. The van der Waals surface area contributed by atoms with Gasteiger partial charge in [0.25, 0.3) is 0 Å². The van der Waals surface area contributed by atoms with Crippen LogP contribution in [0.4, 0.5) is 5.69 Å². The molecular formula is C22H26ClN7O. The Hall–Kier alpha value is -3.26. The number of hydrogen-bond donors (Lipinski definition) is 3. The highest BCUT2D eigenvalue weighted by Crippen LogP contribution is 2.33. The molecule has 4 rings (SSSR count). The predicted molar refractivity (Wildman–Crippen MR) is 124 cm³/mol. The van der Waals surface area contributed by atoms with Gasteiger partial charge in [-0.15, -0.1) is 0 Å². The zero-order valence-corrected chi connectivity index (χ0v) is 18.4. The summed E-state index contributed by atoms with van der Waals surface area (Å²) in [6.45, 7) is 2.42. The molecule has 1 aliphatic heterocycles. The van der Waals surface area contributed by atoms with Crippen molar-refractivity contribution < 1.29 is 4.74 Å². The third-order valence-corrected chi connectivity index (χ3v) is 5.54. The van der Waals surface area contributed by atoms with Gasteiger partial charge in [0.1, 0.15) is 12.1 Å². The summed E-state index contributed by atoms with van der Waals surface area (Å²) in [4.78, 5) is 10.9. The summed E-state index contributed by atoms with van der Waals surface area (Å²) in [7, 11) is 3.47. The number of ether oxygens (including phenoxy) is 1. The Kier molecular flexibility index (Phi) is 6.57. The maximum atomic E-state index is 6.20. The van der Waals surface area contributed by atoms with Crippen LogP contribution in [0.5, 0.6) is 5.75 Å². The molecule has 1 atom stereocenters. The number of aliphatic imine (C=N–C) groups is 1. The summed E-state index contributed by atoms with van der Waals surface area (Å²) >= 11 is 6.20. The van der Waals surface area contributed by atoms with Crippen molar-refractivity contribution >= 4 is 23.2 Å². The van der Waals surface area contributed by atoms with Gasteiger partial charge in [-0.3, -0.25) is 10.1 Å². The van der Waals surface area contributed by atoms with Gasteiger partial charge in [-0.2, -0.15) is 5.10 Å². The fraction of sp³-hybridized carbons (Fsp3) is 0.318. The number of aromatic amines is 1. The fourth-order valence-corrected chi connectivity index (χ4v) is 3.92. The van der Waals surface area contributed by atoms with Gasteiger partial charge in [-0.1, -0.05) is 29.8 Å². The van der Waals surface area contributed by atoms with E-state index in [9.17, 15) is 0 Å². The molecule has 2 heterocycles. The van der Waals surface area contributed by atoms with Crippen LogP contribution in [0.1, 0.15) is 12.0 Å². The number of aromatic nitrogens is 3. The average molecular weight is 440 g/mol. The van der Waals surface area contributed by atoms with Crippen LogP contribution in [0.15, 0.2) is 53.8 Å². The average Bonchev–Trinajstić information content (AvgIpc) is 3.49. The summed E-state index contributed by atoms with van der Waals surface area (Å²) < 4.78 is 5.51. The molecule has 3 aromatic rings. The molecule has 0 saturated carbocycles. The summed E-state index contributed by atoms with van der Waals surface area (Å²) in [5.41, 5.74) is 3.15. The fourth-order valence-electron chi connectivity index (χ4n) is 3.75. The largest absolute Gasteiger partial charge is 0.495 e. The number of nitrogens with one attached hydrogen (secondary N) is 3. The third-order valence-electron chi connectivity index (χ3n) is 5.31. The topological polar surface area (TPSA) is 90.5 Å². The highest BCUT2D eigenvalue weighted by molar-refractivity contribution is 6.30. The molecule has 0 aliphatic carbocycles. The zero-order chi connectivity index (χ0) is 21.6. The Balaban J connectivity index is 1.34. The molecule has 0 radical (unpaired) electrons. The normalized spacial score (nSPS) is 16.4. The first-order valence-electron chi connectivity index (χ1n) is 10.2. The van der Waals surface area contributed by atoms with Crippen molar-refractivity contribution in [3.05, 3.63) is 59.4 Å². The highest BCUT2D eigenvalue weighted by Gasteiger charge is 2.25. The van der Waals surface area contributed by atoms with Crippen molar-refractivity contribution in [3.63, 3.8) is 0 Å². The van der Waals surface area contributed by atoms with Gasteiger partial charge >= 0.3 is 0 Å². The number of H-pyrrole nitrogens is 1. The predicted octanol–water partition coefficient (Wildman–Crippen LogP) is 3.08. The number of benzene rings is 2. The van der Waals surface area contributed by atoms with E-state index in [4.69, 9.17) is 16.3 Å². The molecule has 1 unspecified atom stereocenters. The molecule has 1 aromatic heterocycles. The van der Waals surface area contributed by atoms with Crippen LogP contribution in [0.3, 0.4) is 0 Å². The lowest BCUT2D eigenvalue weighted by molar-refractivity contribution is 0.415. The van der Waals surface area contributed by atoms with Gasteiger partial charge in [0.05, 0.1) is 12.8 Å². The zero-order valence-electron chi connectivity index (χ0n) is 17.6. The smallest absolute Gasteiger partial charge is 0.191 e. The SMILES string of the molecule is CN=C(NCc1cccc(-c2ncn[nH]2)c1)NC1CCN(c2cc(Cl)ccc2OC)C1. The van der Waals surface area contributed by atoms with Crippen molar-refractivity contribution in [3.8, 4) is 17.1 Å². The number of halogens is 1. The first-order valence-corrected chi connectivity index (χ1v) is 10.5. The first-order chi connectivity index (χ1) is 15.2. The summed E-state index contributed by atoms with van der Waals surface area (Å²) in [6, 6.07) is 14.2. The van der Waals surface area contributed by atoms with Crippen LogP contribution in [-0.4, -0.2) is 54.4 Å². The third kappa shape index (κ3) is 5.08. The van der Waals surface area contributed by atoms with E-state index < -0.39 is 0 Å². The van der Waals surface area contributed by atoms with Gasteiger partial charge < -0.3 is 20.3 Å². The lowest BCUT2D eigenvalue weighted by Crippen LogP contribution is -2.44. The molecule has 0 spiro atoms. The lowest BCUT2D eigenvalue weighted by Gasteiger charge is -2.22. The Labute approximate surface area is 186 Å². The molecule has 1 fully saturated rings. The molecule has 0 amide bonds. The van der Waals surface area contributed by atoms with Crippen molar-refractivity contribution in [2.24, 2.45) is 4.99 Å². The Bertz CT molecular complexity index is 1040. The minimum atomic E-state index is 0.274. The van der Waals surface area contributed by atoms with E-state index >= 15 is 0 Å². The molecule has 9 heteroatoms. The van der Waals surface area contributed by atoms with Gasteiger partial charge in [-0.05, 0) is 36.2 Å². The highest BCUT2D eigenvalue weighted by atomic mass is 35.5. The van der Waals surface area contributed by atoms with Crippen LogP contribution in [0.25, 0.3) is 11.4 Å². The van der Waals surface area contributed by atoms with Gasteiger partial charge in [0.15, 0.2) is 11.8 Å². The summed E-state index contributed by atoms with van der Waals surface area (Å²) in [5.74, 6) is 2.36. The minimum absolute atomic E-state index is 0.274. The Morgan fingerprint density at radius 3 is 3.00 bits per heavy atom. The van der Waals surface area contributed by atoms with Crippen LogP contribution < -0.4 is 20.3 Å². The second-order valence-corrected chi connectivity index (χ2v) is 7.79. The van der Waals surface area contributed by atoms with E-state index in [1.807, 2.05) is 30.3 Å². The molecule has 8 nitrogen and oxygen atoms in total. The maximum Gasteiger partial charge on any atom is 0.191 e.